The van der Waals surface area contributed by atoms with Gasteiger partial charge in [0.25, 0.3) is 0 Å². The van der Waals surface area contributed by atoms with Crippen LogP contribution in [0.3, 0.4) is 0 Å². The van der Waals surface area contributed by atoms with Crippen LogP contribution in [-0.2, 0) is 0 Å². The zero-order valence-electron chi connectivity index (χ0n) is 19.1. The highest BCUT2D eigenvalue weighted by Crippen LogP contribution is 2.66. The highest BCUT2D eigenvalue weighted by Gasteiger charge is 2.56. The minimum Gasteiger partial charge on any atom is -0.393 e. The molecule has 0 amide bonds. The van der Waals surface area contributed by atoms with E-state index in [1.165, 1.54) is 51.4 Å². The maximum Gasteiger partial charge on any atom is 0.0578 e. The molecule has 0 bridgehead atoms. The Morgan fingerprint density at radius 3 is 2.50 bits per heavy atom. The van der Waals surface area contributed by atoms with Crippen LogP contribution in [0.5, 0.6) is 0 Å². The Balaban J connectivity index is 1.53. The number of rotatable bonds is 5. The lowest BCUT2D eigenvalue weighted by Crippen LogP contribution is -2.46. The van der Waals surface area contributed by atoms with Gasteiger partial charge in [0, 0.05) is 0 Å². The average Bonchev–Trinajstić information content (AvgIpc) is 2.99. The van der Waals surface area contributed by atoms with Crippen LogP contribution >= 0.6 is 0 Å². The first-order valence-corrected chi connectivity index (χ1v) is 12.3. The number of hydrogen-bond donors (Lipinski definition) is 1. The van der Waals surface area contributed by atoms with Crippen molar-refractivity contribution in [3.63, 3.8) is 0 Å². The monoisotopic (exact) mass is 384 g/mol. The van der Waals surface area contributed by atoms with Gasteiger partial charge in [0.1, 0.15) is 0 Å². The zero-order chi connectivity index (χ0) is 20.1. The van der Waals surface area contributed by atoms with Gasteiger partial charge in [-0.3, -0.25) is 0 Å². The third kappa shape index (κ3) is 3.34. The van der Waals surface area contributed by atoms with E-state index in [1.54, 1.807) is 11.1 Å². The van der Waals surface area contributed by atoms with Gasteiger partial charge >= 0.3 is 0 Å². The van der Waals surface area contributed by atoms with Crippen molar-refractivity contribution in [3.8, 4) is 0 Å². The van der Waals surface area contributed by atoms with Crippen molar-refractivity contribution in [1.82, 2.24) is 0 Å². The smallest absolute Gasteiger partial charge is 0.0578 e. The van der Waals surface area contributed by atoms with Gasteiger partial charge in [-0.2, -0.15) is 0 Å². The van der Waals surface area contributed by atoms with Crippen LogP contribution in [0, 0.1) is 40.4 Å². The average molecular weight is 385 g/mol. The highest BCUT2D eigenvalue weighted by molar-refractivity contribution is 5.38. The molecule has 7 atom stereocenters. The molecule has 3 fully saturated rings. The van der Waals surface area contributed by atoms with Gasteiger partial charge in [0.05, 0.1) is 6.10 Å². The normalized spacial score (nSPS) is 43.7. The first-order chi connectivity index (χ1) is 13.3. The molecule has 1 nitrogen and oxygen atoms in total. The lowest BCUT2D eigenvalue weighted by Gasteiger charge is -2.55. The number of allylic oxidation sites excluding steroid dienone is 3. The summed E-state index contributed by atoms with van der Waals surface area (Å²) >= 11 is 0. The van der Waals surface area contributed by atoms with Gasteiger partial charge in [0.15, 0.2) is 0 Å². The predicted octanol–water partition coefficient (Wildman–Crippen LogP) is 7.31. The number of aliphatic hydroxyl groups is 1. The molecular weight excluding hydrogens is 340 g/mol. The van der Waals surface area contributed by atoms with E-state index in [0.29, 0.717) is 10.8 Å². The lowest BCUT2D eigenvalue weighted by molar-refractivity contribution is 0.0323. The molecule has 1 N–H and O–H groups in total. The van der Waals surface area contributed by atoms with E-state index in [9.17, 15) is 5.11 Å². The van der Waals surface area contributed by atoms with Gasteiger partial charge in [-0.1, -0.05) is 77.2 Å². The van der Waals surface area contributed by atoms with E-state index < -0.39 is 0 Å². The largest absolute Gasteiger partial charge is 0.393 e. The molecule has 0 radical (unpaired) electrons. The third-order valence-electron chi connectivity index (χ3n) is 9.75. The first-order valence-electron chi connectivity index (χ1n) is 12.3. The van der Waals surface area contributed by atoms with E-state index in [4.69, 9.17) is 0 Å². The molecule has 0 saturated heterocycles. The lowest BCUT2D eigenvalue weighted by atomic mass is 9.50. The molecule has 3 saturated carbocycles. The quantitative estimate of drug-likeness (QED) is 0.527. The number of fused-ring (bicyclic) bond motifs is 5. The molecule has 4 rings (SSSR count). The van der Waals surface area contributed by atoms with Gasteiger partial charge < -0.3 is 5.11 Å². The Kier molecular flexibility index (Phi) is 5.62. The van der Waals surface area contributed by atoms with E-state index >= 15 is 0 Å². The number of aliphatic hydroxyl groups excluding tert-OH is 1. The minimum absolute atomic E-state index is 0.106. The summed E-state index contributed by atoms with van der Waals surface area (Å²) in [5, 5.41) is 10.2. The molecule has 0 aromatic heterocycles. The van der Waals surface area contributed by atoms with Crippen LogP contribution in [0.2, 0.25) is 0 Å². The molecule has 0 aromatic rings. The fourth-order valence-corrected chi connectivity index (χ4v) is 8.01. The van der Waals surface area contributed by atoms with Crippen molar-refractivity contribution in [2.45, 2.75) is 105 Å². The third-order valence-corrected chi connectivity index (χ3v) is 9.75. The summed E-state index contributed by atoms with van der Waals surface area (Å²) in [5.74, 6) is 4.19. The summed E-state index contributed by atoms with van der Waals surface area (Å²) < 4.78 is 0. The summed E-state index contributed by atoms with van der Waals surface area (Å²) in [4.78, 5) is 0. The SMILES string of the molecule is CC(C)CCC[C@@H](C)[C@@H]1CC[C@H]2C3=CC=C4CC(O)CC[C@]4(C)[C@H]3CC[C@@]21C. The Labute approximate surface area is 174 Å². The standard InChI is InChI=1S/C27H44O/c1-18(2)7-6-8-19(3)23-11-12-24-22-10-9-20-17-21(28)13-15-26(20,4)25(22)14-16-27(23,24)5/h9-10,18-19,21,23-25,28H,6-8,11-17H2,1-5H3/t19-,21?,23+,24+,25+,26+,27-/m1/s1. The van der Waals surface area contributed by atoms with Crippen molar-refractivity contribution >= 4 is 0 Å². The van der Waals surface area contributed by atoms with Crippen LogP contribution in [0.1, 0.15) is 98.8 Å². The maximum absolute atomic E-state index is 10.2. The zero-order valence-corrected chi connectivity index (χ0v) is 19.1. The van der Waals surface area contributed by atoms with E-state index in [1.807, 2.05) is 0 Å². The van der Waals surface area contributed by atoms with Crippen molar-refractivity contribution in [2.75, 3.05) is 0 Å². The fraction of sp³-hybridized carbons (Fsp3) is 0.852. The fourth-order valence-electron chi connectivity index (χ4n) is 8.01. The van der Waals surface area contributed by atoms with Crippen LogP contribution < -0.4 is 0 Å². The summed E-state index contributed by atoms with van der Waals surface area (Å²) in [7, 11) is 0. The van der Waals surface area contributed by atoms with Crippen LogP contribution in [0.25, 0.3) is 0 Å². The topological polar surface area (TPSA) is 20.2 Å². The molecule has 28 heavy (non-hydrogen) atoms. The van der Waals surface area contributed by atoms with E-state index in [0.717, 1.165) is 42.4 Å². The molecular formula is C27H44O. The van der Waals surface area contributed by atoms with Gasteiger partial charge in [0.2, 0.25) is 0 Å². The van der Waals surface area contributed by atoms with Gasteiger partial charge in [-0.25, -0.2) is 0 Å². The van der Waals surface area contributed by atoms with Crippen molar-refractivity contribution in [3.05, 3.63) is 23.3 Å². The number of hydrogen-bond acceptors (Lipinski definition) is 1. The summed E-state index contributed by atoms with van der Waals surface area (Å²) in [6.07, 6.45) is 17.8. The Hall–Kier alpha value is -0.560. The van der Waals surface area contributed by atoms with E-state index in [-0.39, 0.29) is 6.10 Å². The molecule has 4 aliphatic carbocycles. The summed E-state index contributed by atoms with van der Waals surface area (Å²) in [5.41, 5.74) is 4.19. The van der Waals surface area contributed by atoms with Crippen LogP contribution in [0.4, 0.5) is 0 Å². The highest BCUT2D eigenvalue weighted by atomic mass is 16.3. The van der Waals surface area contributed by atoms with Crippen molar-refractivity contribution in [2.24, 2.45) is 40.4 Å². The molecule has 1 heteroatoms. The maximum atomic E-state index is 10.2. The Morgan fingerprint density at radius 2 is 1.75 bits per heavy atom. The van der Waals surface area contributed by atoms with Crippen molar-refractivity contribution < 1.29 is 5.11 Å². The summed E-state index contributed by atoms with van der Waals surface area (Å²) in [6.45, 7) is 12.5. The Morgan fingerprint density at radius 1 is 0.964 bits per heavy atom. The second kappa shape index (κ2) is 7.60. The molecule has 4 aliphatic rings. The molecule has 1 unspecified atom stereocenters. The van der Waals surface area contributed by atoms with Crippen LogP contribution in [0.15, 0.2) is 23.3 Å². The van der Waals surface area contributed by atoms with E-state index in [2.05, 4.69) is 46.8 Å². The molecule has 158 valence electrons. The van der Waals surface area contributed by atoms with Crippen molar-refractivity contribution in [1.29, 1.82) is 0 Å². The summed E-state index contributed by atoms with van der Waals surface area (Å²) in [6, 6.07) is 0. The molecule has 0 aromatic carbocycles. The first kappa shape index (κ1) is 20.7. The molecule has 0 spiro atoms. The second-order valence-corrected chi connectivity index (χ2v) is 11.8. The minimum atomic E-state index is -0.106. The van der Waals surface area contributed by atoms with Gasteiger partial charge in [-0.15, -0.1) is 0 Å². The van der Waals surface area contributed by atoms with Crippen LogP contribution in [-0.4, -0.2) is 11.2 Å². The molecule has 0 aliphatic heterocycles. The Bertz CT molecular complexity index is 643. The second-order valence-electron chi connectivity index (χ2n) is 11.8. The predicted molar refractivity (Wildman–Crippen MR) is 119 cm³/mol. The van der Waals surface area contributed by atoms with Gasteiger partial charge in [-0.05, 0) is 85.4 Å². The molecule has 0 heterocycles.